The van der Waals surface area contributed by atoms with E-state index in [0.717, 1.165) is 60.0 Å². The van der Waals surface area contributed by atoms with Crippen molar-refractivity contribution in [1.82, 2.24) is 19.5 Å². The summed E-state index contributed by atoms with van der Waals surface area (Å²) in [5.41, 5.74) is 10.7. The van der Waals surface area contributed by atoms with E-state index in [2.05, 4.69) is 24.8 Å². The lowest BCUT2D eigenvalue weighted by Gasteiger charge is -2.12. The maximum Gasteiger partial charge on any atom is 0.416 e. The Morgan fingerprint density at radius 2 is 1.88 bits per heavy atom. The second-order valence-electron chi connectivity index (χ2n) is 7.88. The maximum atomic E-state index is 12.9. The fourth-order valence-electron chi connectivity index (χ4n) is 4.30. The van der Waals surface area contributed by atoms with Crippen molar-refractivity contribution < 1.29 is 18.0 Å². The number of hydrogen-bond donors (Lipinski definition) is 2. The number of pyridine rings is 1. The summed E-state index contributed by atoms with van der Waals surface area (Å²) in [6.45, 7) is 0. The highest BCUT2D eigenvalue weighted by atomic mass is 19.4. The number of aromatic nitrogens is 4. The standard InChI is InChI=1S/C23H19F3N6O/c24-23(25,26)13-8-9-28-15(10-13)11-19(33)31-14-4-6-16(7-5-14)32-18-3-1-2-17(18)20-21(32)22(27)30-12-29-20/h4-10,12H,1-3,11H2,(H,31,33)(H2,27,29,30). The van der Waals surface area contributed by atoms with Crippen LogP contribution >= 0.6 is 0 Å². The molecule has 0 radical (unpaired) electrons. The van der Waals surface area contributed by atoms with E-state index in [0.29, 0.717) is 11.5 Å². The van der Waals surface area contributed by atoms with Crippen LogP contribution in [-0.4, -0.2) is 25.4 Å². The van der Waals surface area contributed by atoms with Crippen LogP contribution in [0.2, 0.25) is 0 Å². The first kappa shape index (κ1) is 20.9. The van der Waals surface area contributed by atoms with Gasteiger partial charge in [-0.2, -0.15) is 13.2 Å². The predicted octanol–water partition coefficient (Wildman–Crippen LogP) is 4.09. The van der Waals surface area contributed by atoms with Crippen LogP contribution < -0.4 is 11.1 Å². The number of anilines is 2. The summed E-state index contributed by atoms with van der Waals surface area (Å²) in [6.07, 6.45) is 0.660. The molecule has 0 saturated carbocycles. The number of aryl methyl sites for hydroxylation is 1. The normalized spacial score (nSPS) is 13.3. The number of nitrogens with zero attached hydrogens (tertiary/aromatic N) is 4. The molecule has 168 valence electrons. The number of rotatable bonds is 4. The second-order valence-corrected chi connectivity index (χ2v) is 7.88. The Balaban J connectivity index is 1.37. The third-order valence-corrected chi connectivity index (χ3v) is 5.71. The molecule has 4 aromatic rings. The van der Waals surface area contributed by atoms with Gasteiger partial charge < -0.3 is 15.6 Å². The third-order valence-electron chi connectivity index (χ3n) is 5.71. The van der Waals surface area contributed by atoms with E-state index in [4.69, 9.17) is 5.73 Å². The van der Waals surface area contributed by atoms with E-state index in [-0.39, 0.29) is 12.1 Å². The molecule has 1 amide bonds. The molecule has 33 heavy (non-hydrogen) atoms. The van der Waals surface area contributed by atoms with Crippen LogP contribution in [0.25, 0.3) is 16.7 Å². The van der Waals surface area contributed by atoms with Crippen molar-refractivity contribution in [3.63, 3.8) is 0 Å². The van der Waals surface area contributed by atoms with Crippen LogP contribution in [0.5, 0.6) is 0 Å². The second kappa shape index (κ2) is 7.88. The van der Waals surface area contributed by atoms with Crippen molar-refractivity contribution in [3.05, 3.63) is 71.4 Å². The number of fused-ring (bicyclic) bond motifs is 3. The molecule has 1 aliphatic rings. The van der Waals surface area contributed by atoms with Gasteiger partial charge in [0, 0.05) is 23.3 Å². The van der Waals surface area contributed by atoms with E-state index < -0.39 is 17.6 Å². The molecule has 1 aliphatic carbocycles. The molecule has 3 aromatic heterocycles. The summed E-state index contributed by atoms with van der Waals surface area (Å²) >= 11 is 0. The smallest absolute Gasteiger partial charge is 0.382 e. The molecule has 0 aliphatic heterocycles. The summed E-state index contributed by atoms with van der Waals surface area (Å²) in [6, 6.07) is 8.93. The molecule has 7 nitrogen and oxygen atoms in total. The van der Waals surface area contributed by atoms with Crippen LogP contribution in [0.1, 0.15) is 28.9 Å². The fourth-order valence-corrected chi connectivity index (χ4v) is 4.30. The van der Waals surface area contributed by atoms with E-state index >= 15 is 0 Å². The van der Waals surface area contributed by atoms with Gasteiger partial charge in [0.15, 0.2) is 5.82 Å². The van der Waals surface area contributed by atoms with Gasteiger partial charge in [-0.1, -0.05) is 0 Å². The van der Waals surface area contributed by atoms with Crippen molar-refractivity contribution in [2.75, 3.05) is 11.1 Å². The van der Waals surface area contributed by atoms with Gasteiger partial charge in [0.05, 0.1) is 23.2 Å². The number of alkyl halides is 3. The van der Waals surface area contributed by atoms with Crippen molar-refractivity contribution >= 4 is 28.4 Å². The third kappa shape index (κ3) is 3.88. The Hall–Kier alpha value is -3.95. The topological polar surface area (TPSA) is 98.7 Å². The monoisotopic (exact) mass is 452 g/mol. The number of nitrogens with two attached hydrogens (primary N) is 1. The zero-order valence-corrected chi connectivity index (χ0v) is 17.4. The minimum absolute atomic E-state index is 0.0452. The van der Waals surface area contributed by atoms with E-state index in [9.17, 15) is 18.0 Å². The first-order chi connectivity index (χ1) is 15.8. The van der Waals surface area contributed by atoms with Crippen LogP contribution in [0.15, 0.2) is 48.9 Å². The average molecular weight is 452 g/mol. The van der Waals surface area contributed by atoms with Gasteiger partial charge in [-0.05, 0) is 61.2 Å². The van der Waals surface area contributed by atoms with Crippen LogP contribution in [-0.2, 0) is 30.2 Å². The van der Waals surface area contributed by atoms with Crippen molar-refractivity contribution in [1.29, 1.82) is 0 Å². The number of halogens is 3. The molecular weight excluding hydrogens is 433 g/mol. The number of carbonyl (C=O) groups is 1. The molecule has 10 heteroatoms. The Morgan fingerprint density at radius 1 is 1.09 bits per heavy atom. The largest absolute Gasteiger partial charge is 0.416 e. The SMILES string of the molecule is Nc1ncnc2c3c(n(-c4ccc(NC(=O)Cc5cc(C(F)(F)F)ccn5)cc4)c12)CCC3. The van der Waals surface area contributed by atoms with Gasteiger partial charge in [0.25, 0.3) is 0 Å². The molecule has 0 spiro atoms. The van der Waals surface area contributed by atoms with Gasteiger partial charge in [0.2, 0.25) is 5.91 Å². The molecule has 0 unspecified atom stereocenters. The average Bonchev–Trinajstić information content (AvgIpc) is 3.36. The zero-order chi connectivity index (χ0) is 23.2. The number of benzene rings is 1. The molecular formula is C23H19F3N6O. The number of hydrogen-bond acceptors (Lipinski definition) is 5. The van der Waals surface area contributed by atoms with Gasteiger partial charge >= 0.3 is 6.18 Å². The Labute approximate surface area is 186 Å². The zero-order valence-electron chi connectivity index (χ0n) is 17.4. The Morgan fingerprint density at radius 3 is 2.64 bits per heavy atom. The minimum atomic E-state index is -4.48. The van der Waals surface area contributed by atoms with Crippen molar-refractivity contribution in [2.24, 2.45) is 0 Å². The highest BCUT2D eigenvalue weighted by Gasteiger charge is 2.31. The van der Waals surface area contributed by atoms with Gasteiger partial charge in [0.1, 0.15) is 11.8 Å². The molecule has 0 saturated heterocycles. The number of amides is 1. The molecule has 0 atom stereocenters. The molecule has 0 bridgehead atoms. The van der Waals surface area contributed by atoms with Gasteiger partial charge in [-0.25, -0.2) is 9.97 Å². The molecule has 3 N–H and O–H groups in total. The highest BCUT2D eigenvalue weighted by Crippen LogP contribution is 2.36. The predicted molar refractivity (Wildman–Crippen MR) is 117 cm³/mol. The highest BCUT2D eigenvalue weighted by molar-refractivity contribution is 5.93. The van der Waals surface area contributed by atoms with E-state index in [1.807, 2.05) is 12.1 Å². The Kier molecular flexibility index (Phi) is 4.99. The molecule has 5 rings (SSSR count). The van der Waals surface area contributed by atoms with Crippen molar-refractivity contribution in [3.8, 4) is 5.69 Å². The number of carbonyl (C=O) groups excluding carboxylic acids is 1. The van der Waals surface area contributed by atoms with Crippen LogP contribution in [0.3, 0.4) is 0 Å². The van der Waals surface area contributed by atoms with E-state index in [1.165, 1.54) is 11.9 Å². The first-order valence-corrected chi connectivity index (χ1v) is 10.4. The maximum absolute atomic E-state index is 12.9. The Bertz CT molecular complexity index is 1360. The first-order valence-electron chi connectivity index (χ1n) is 10.4. The summed E-state index contributed by atoms with van der Waals surface area (Å²) in [7, 11) is 0. The van der Waals surface area contributed by atoms with E-state index in [1.54, 1.807) is 12.1 Å². The quantitative estimate of drug-likeness (QED) is 0.486. The van der Waals surface area contributed by atoms with Gasteiger partial charge in [-0.3, -0.25) is 9.78 Å². The summed E-state index contributed by atoms with van der Waals surface area (Å²) in [5, 5.41) is 2.70. The van der Waals surface area contributed by atoms with Gasteiger partial charge in [-0.15, -0.1) is 0 Å². The fraction of sp³-hybridized carbons (Fsp3) is 0.217. The summed E-state index contributed by atoms with van der Waals surface area (Å²) < 4.78 is 40.7. The molecule has 1 aromatic carbocycles. The lowest BCUT2D eigenvalue weighted by molar-refractivity contribution is -0.137. The van der Waals surface area contributed by atoms with Crippen molar-refractivity contribution in [2.45, 2.75) is 31.9 Å². The molecule has 3 heterocycles. The van der Waals surface area contributed by atoms with Crippen LogP contribution in [0, 0.1) is 0 Å². The summed E-state index contributed by atoms with van der Waals surface area (Å²) in [4.78, 5) is 24.8. The lowest BCUT2D eigenvalue weighted by atomic mass is 10.2. The number of nitrogens with one attached hydrogen (secondary N) is 1. The summed E-state index contributed by atoms with van der Waals surface area (Å²) in [5.74, 6) is -0.0557. The van der Waals surface area contributed by atoms with Crippen LogP contribution in [0.4, 0.5) is 24.7 Å². The minimum Gasteiger partial charge on any atom is -0.382 e. The molecule has 0 fully saturated rings. The lowest BCUT2D eigenvalue weighted by Crippen LogP contribution is -2.16. The number of nitrogen functional groups attached to an aromatic ring is 1.